The maximum Gasteiger partial charge on any atom is 0.332 e. The number of ether oxygens (including phenoxy) is 1. The fourth-order valence-electron chi connectivity index (χ4n) is 1.05. The van der Waals surface area contributed by atoms with Crippen molar-refractivity contribution in [2.75, 3.05) is 6.61 Å². The minimum absolute atomic E-state index is 0.0561. The van der Waals surface area contributed by atoms with E-state index in [1.165, 1.54) is 0 Å². The summed E-state index contributed by atoms with van der Waals surface area (Å²) in [7, 11) is 0. The normalized spacial score (nSPS) is 37.5. The van der Waals surface area contributed by atoms with Crippen molar-refractivity contribution in [3.63, 3.8) is 0 Å². The molecule has 0 spiro atoms. The van der Waals surface area contributed by atoms with Crippen LogP contribution in [-0.4, -0.2) is 46.2 Å². The van der Waals surface area contributed by atoms with Gasteiger partial charge in [0.15, 0.2) is 6.10 Å². The van der Waals surface area contributed by atoms with Crippen molar-refractivity contribution in [3.8, 4) is 0 Å². The molecule has 0 radical (unpaired) electrons. The molecule has 1 aliphatic heterocycles. The highest BCUT2D eigenvalue weighted by Crippen LogP contribution is 2.19. The van der Waals surface area contributed by atoms with E-state index in [0.29, 0.717) is 0 Å². The quantitative estimate of drug-likeness (QED) is 0.464. The van der Waals surface area contributed by atoms with Crippen molar-refractivity contribution >= 4 is 5.97 Å². The van der Waals surface area contributed by atoms with Crippen LogP contribution < -0.4 is 0 Å². The average molecular weight is 162 g/mol. The highest BCUT2D eigenvalue weighted by atomic mass is 16.5. The third kappa shape index (κ3) is 1.68. The summed E-state index contributed by atoms with van der Waals surface area (Å²) in [6.07, 6.45) is -2.51. The summed E-state index contributed by atoms with van der Waals surface area (Å²) >= 11 is 0. The summed E-state index contributed by atoms with van der Waals surface area (Å²) in [5.41, 5.74) is 0. The first-order chi connectivity index (χ1) is 5.15. The van der Waals surface area contributed by atoms with E-state index in [2.05, 4.69) is 0 Å². The van der Waals surface area contributed by atoms with Crippen LogP contribution in [0.15, 0.2) is 0 Å². The van der Waals surface area contributed by atoms with E-state index in [-0.39, 0.29) is 13.0 Å². The Bertz CT molecular complexity index is 157. The molecule has 0 aromatic carbocycles. The predicted molar refractivity (Wildman–Crippen MR) is 34.0 cm³/mol. The lowest BCUT2D eigenvalue weighted by Gasteiger charge is -2.08. The number of aliphatic hydroxyl groups excluding tert-OH is 2. The second-order valence-electron chi connectivity index (χ2n) is 2.49. The molecular formula is C6H10O5. The van der Waals surface area contributed by atoms with Crippen molar-refractivity contribution < 1.29 is 24.9 Å². The van der Waals surface area contributed by atoms with Crippen LogP contribution in [-0.2, 0) is 9.53 Å². The Morgan fingerprint density at radius 2 is 2.27 bits per heavy atom. The second-order valence-corrected chi connectivity index (χ2v) is 2.49. The Morgan fingerprint density at radius 3 is 2.55 bits per heavy atom. The Hall–Kier alpha value is -0.650. The number of rotatable bonds is 2. The second kappa shape index (κ2) is 3.17. The molecule has 1 rings (SSSR count). The number of carbonyl (C=O) groups is 1. The fraction of sp³-hybridized carbons (Fsp3) is 0.833. The molecule has 0 unspecified atom stereocenters. The van der Waals surface area contributed by atoms with Crippen molar-refractivity contribution in [1.29, 1.82) is 0 Å². The van der Waals surface area contributed by atoms with E-state index in [9.17, 15) is 4.79 Å². The zero-order valence-corrected chi connectivity index (χ0v) is 5.80. The zero-order valence-electron chi connectivity index (χ0n) is 5.80. The van der Waals surface area contributed by atoms with Crippen LogP contribution >= 0.6 is 0 Å². The number of carboxylic acids is 1. The SMILES string of the molecule is O=C(O)[C@@H]1C[C@H](O)[C@@H](CO)O1. The van der Waals surface area contributed by atoms with Crippen LogP contribution in [0.25, 0.3) is 0 Å². The maximum absolute atomic E-state index is 10.3. The van der Waals surface area contributed by atoms with Gasteiger partial charge in [-0.25, -0.2) is 4.79 Å². The van der Waals surface area contributed by atoms with E-state index < -0.39 is 24.3 Å². The van der Waals surface area contributed by atoms with Gasteiger partial charge in [0.2, 0.25) is 0 Å². The molecule has 3 atom stereocenters. The number of aliphatic carboxylic acids is 1. The van der Waals surface area contributed by atoms with Gasteiger partial charge in [0.05, 0.1) is 12.7 Å². The highest BCUT2D eigenvalue weighted by molar-refractivity contribution is 5.72. The molecule has 0 amide bonds. The van der Waals surface area contributed by atoms with Crippen LogP contribution in [0.5, 0.6) is 0 Å². The summed E-state index contributed by atoms with van der Waals surface area (Å²) in [4.78, 5) is 10.3. The molecular weight excluding hydrogens is 152 g/mol. The predicted octanol–water partition coefficient (Wildman–Crippen LogP) is -1.42. The minimum atomic E-state index is -1.10. The molecule has 11 heavy (non-hydrogen) atoms. The first-order valence-electron chi connectivity index (χ1n) is 3.32. The number of hydrogen-bond donors (Lipinski definition) is 3. The monoisotopic (exact) mass is 162 g/mol. The highest BCUT2D eigenvalue weighted by Gasteiger charge is 2.37. The van der Waals surface area contributed by atoms with E-state index in [1.54, 1.807) is 0 Å². The lowest BCUT2D eigenvalue weighted by molar-refractivity contribution is -0.150. The van der Waals surface area contributed by atoms with Gasteiger partial charge in [0.1, 0.15) is 6.10 Å². The lowest BCUT2D eigenvalue weighted by Crippen LogP contribution is -2.25. The minimum Gasteiger partial charge on any atom is -0.479 e. The molecule has 1 saturated heterocycles. The molecule has 3 N–H and O–H groups in total. The molecule has 0 aromatic heterocycles. The van der Waals surface area contributed by atoms with Crippen LogP contribution in [0.4, 0.5) is 0 Å². The van der Waals surface area contributed by atoms with Crippen molar-refractivity contribution in [3.05, 3.63) is 0 Å². The van der Waals surface area contributed by atoms with Gasteiger partial charge < -0.3 is 20.1 Å². The third-order valence-electron chi connectivity index (χ3n) is 1.68. The van der Waals surface area contributed by atoms with Crippen LogP contribution in [0.3, 0.4) is 0 Å². The van der Waals surface area contributed by atoms with E-state index >= 15 is 0 Å². The van der Waals surface area contributed by atoms with Crippen LogP contribution in [0.1, 0.15) is 6.42 Å². The molecule has 5 nitrogen and oxygen atoms in total. The molecule has 64 valence electrons. The van der Waals surface area contributed by atoms with E-state index in [4.69, 9.17) is 20.1 Å². The Balaban J connectivity index is 2.49. The number of hydrogen-bond acceptors (Lipinski definition) is 4. The molecule has 1 aliphatic rings. The summed E-state index contributed by atoms with van der Waals surface area (Å²) in [6.45, 7) is -0.342. The van der Waals surface area contributed by atoms with Gasteiger partial charge in [-0.2, -0.15) is 0 Å². The van der Waals surface area contributed by atoms with Gasteiger partial charge in [0.25, 0.3) is 0 Å². The van der Waals surface area contributed by atoms with Gasteiger partial charge in [0, 0.05) is 6.42 Å². The maximum atomic E-state index is 10.3. The first kappa shape index (κ1) is 8.45. The molecule has 1 heterocycles. The molecule has 0 bridgehead atoms. The van der Waals surface area contributed by atoms with Crippen molar-refractivity contribution in [1.82, 2.24) is 0 Å². The van der Waals surface area contributed by atoms with Gasteiger partial charge in [-0.1, -0.05) is 0 Å². The van der Waals surface area contributed by atoms with Crippen molar-refractivity contribution in [2.45, 2.75) is 24.7 Å². The van der Waals surface area contributed by atoms with Gasteiger partial charge >= 0.3 is 5.97 Å². The Morgan fingerprint density at radius 1 is 1.64 bits per heavy atom. The molecule has 0 aliphatic carbocycles. The summed E-state index contributed by atoms with van der Waals surface area (Å²) in [5.74, 6) is -1.10. The molecule has 5 heteroatoms. The largest absolute Gasteiger partial charge is 0.479 e. The van der Waals surface area contributed by atoms with Gasteiger partial charge in [-0.05, 0) is 0 Å². The smallest absolute Gasteiger partial charge is 0.332 e. The molecule has 0 saturated carbocycles. The summed E-state index contributed by atoms with van der Waals surface area (Å²) < 4.78 is 4.78. The number of aliphatic hydroxyl groups is 2. The number of carboxylic acid groups (broad SMARTS) is 1. The standard InChI is InChI=1S/C6H10O5/c7-2-5-3(8)1-4(11-5)6(9)10/h3-5,7-8H,1-2H2,(H,9,10)/t3-,4-,5+/m0/s1. The van der Waals surface area contributed by atoms with Crippen LogP contribution in [0, 0.1) is 0 Å². The Kier molecular flexibility index (Phi) is 2.43. The summed E-state index contributed by atoms with van der Waals surface area (Å²) in [5, 5.41) is 26.0. The van der Waals surface area contributed by atoms with E-state index in [1.807, 2.05) is 0 Å². The molecule has 1 fully saturated rings. The van der Waals surface area contributed by atoms with E-state index in [0.717, 1.165) is 0 Å². The van der Waals surface area contributed by atoms with Gasteiger partial charge in [-0.15, -0.1) is 0 Å². The zero-order chi connectivity index (χ0) is 8.43. The topological polar surface area (TPSA) is 87.0 Å². The van der Waals surface area contributed by atoms with Crippen LogP contribution in [0.2, 0.25) is 0 Å². The first-order valence-corrected chi connectivity index (χ1v) is 3.32. The van der Waals surface area contributed by atoms with Gasteiger partial charge in [-0.3, -0.25) is 0 Å². The summed E-state index contributed by atoms with van der Waals surface area (Å²) in [6, 6.07) is 0. The fourth-order valence-corrected chi connectivity index (χ4v) is 1.05. The average Bonchev–Trinajstić information content (AvgIpc) is 2.31. The van der Waals surface area contributed by atoms with Crippen molar-refractivity contribution in [2.24, 2.45) is 0 Å². The third-order valence-corrected chi connectivity index (χ3v) is 1.68. The lowest BCUT2D eigenvalue weighted by atomic mass is 10.1. The molecule has 0 aromatic rings. The Labute approximate surface area is 63.2 Å².